The van der Waals surface area contributed by atoms with Crippen molar-refractivity contribution in [2.24, 2.45) is 11.7 Å². The zero-order chi connectivity index (χ0) is 13.7. The molecule has 0 saturated heterocycles. The predicted molar refractivity (Wildman–Crippen MR) is 79.7 cm³/mol. The van der Waals surface area contributed by atoms with Crippen LogP contribution in [0.3, 0.4) is 0 Å². The van der Waals surface area contributed by atoms with E-state index in [4.69, 9.17) is 5.73 Å². The Morgan fingerprint density at radius 2 is 2.21 bits per heavy atom. The van der Waals surface area contributed by atoms with Crippen LogP contribution in [0.15, 0.2) is 24.4 Å². The first-order valence-corrected chi connectivity index (χ1v) is 7.56. The van der Waals surface area contributed by atoms with E-state index in [2.05, 4.69) is 36.0 Å². The summed E-state index contributed by atoms with van der Waals surface area (Å²) in [6, 6.07) is 6.94. The highest BCUT2D eigenvalue weighted by molar-refractivity contribution is 5.04. The largest absolute Gasteiger partial charge is 0.326 e. The summed E-state index contributed by atoms with van der Waals surface area (Å²) in [5.74, 6) is 0.862. The lowest BCUT2D eigenvalue weighted by Gasteiger charge is -2.39. The van der Waals surface area contributed by atoms with E-state index in [1.807, 2.05) is 12.3 Å². The highest BCUT2D eigenvalue weighted by Gasteiger charge is 2.30. The molecule has 2 N–H and O–H groups in total. The maximum atomic E-state index is 6.33. The Kier molecular flexibility index (Phi) is 5.34. The first-order valence-electron chi connectivity index (χ1n) is 7.56. The number of nitrogens with two attached hydrogens (primary N) is 1. The van der Waals surface area contributed by atoms with Gasteiger partial charge in [-0.05, 0) is 44.4 Å². The molecule has 106 valence electrons. The van der Waals surface area contributed by atoms with Gasteiger partial charge in [-0.2, -0.15) is 0 Å². The summed E-state index contributed by atoms with van der Waals surface area (Å²) in [6.45, 7) is 3.18. The second-order valence-corrected chi connectivity index (χ2v) is 5.94. The Balaban J connectivity index is 1.94. The van der Waals surface area contributed by atoms with Gasteiger partial charge in [0, 0.05) is 24.8 Å². The van der Waals surface area contributed by atoms with Gasteiger partial charge in [-0.25, -0.2) is 0 Å². The fourth-order valence-electron chi connectivity index (χ4n) is 3.30. The van der Waals surface area contributed by atoms with Gasteiger partial charge in [0.25, 0.3) is 0 Å². The Bertz CT molecular complexity index is 366. The van der Waals surface area contributed by atoms with E-state index in [1.54, 1.807) is 0 Å². The summed E-state index contributed by atoms with van der Waals surface area (Å²) in [7, 11) is 2.19. The van der Waals surface area contributed by atoms with Crippen molar-refractivity contribution in [1.29, 1.82) is 0 Å². The Labute approximate surface area is 117 Å². The molecule has 1 aliphatic carbocycles. The maximum absolute atomic E-state index is 6.33. The van der Waals surface area contributed by atoms with Gasteiger partial charge >= 0.3 is 0 Å². The molecule has 0 amide bonds. The Morgan fingerprint density at radius 1 is 1.37 bits per heavy atom. The summed E-state index contributed by atoms with van der Waals surface area (Å²) in [4.78, 5) is 6.81. The van der Waals surface area contributed by atoms with Gasteiger partial charge in [-0.3, -0.25) is 9.88 Å². The third-order valence-electron chi connectivity index (χ3n) is 4.38. The number of hydrogen-bond acceptors (Lipinski definition) is 3. The molecule has 19 heavy (non-hydrogen) atoms. The molecule has 3 unspecified atom stereocenters. The summed E-state index contributed by atoms with van der Waals surface area (Å²) >= 11 is 0. The summed E-state index contributed by atoms with van der Waals surface area (Å²) in [6.07, 6.45) is 8.23. The van der Waals surface area contributed by atoms with Crippen molar-refractivity contribution in [2.75, 3.05) is 7.05 Å². The lowest BCUT2D eigenvalue weighted by molar-refractivity contribution is 0.126. The fraction of sp³-hybridized carbons (Fsp3) is 0.688. The standard InChI is InChI=1S/C16H27N3/c1-3-6-13-8-9-15(17)16(11-13)19(2)12-14-7-4-5-10-18-14/h4-5,7,10,13,15-16H,3,6,8-9,11-12,17H2,1-2H3. The van der Waals surface area contributed by atoms with Crippen LogP contribution in [0.4, 0.5) is 0 Å². The molecule has 3 heteroatoms. The van der Waals surface area contributed by atoms with E-state index in [9.17, 15) is 0 Å². The van der Waals surface area contributed by atoms with Crippen LogP contribution in [0.25, 0.3) is 0 Å². The third-order valence-corrected chi connectivity index (χ3v) is 4.38. The molecule has 0 aromatic carbocycles. The number of hydrogen-bond donors (Lipinski definition) is 1. The van der Waals surface area contributed by atoms with Crippen molar-refractivity contribution in [3.8, 4) is 0 Å². The normalized spacial score (nSPS) is 27.7. The van der Waals surface area contributed by atoms with Crippen molar-refractivity contribution >= 4 is 0 Å². The quantitative estimate of drug-likeness (QED) is 0.886. The summed E-state index contributed by atoms with van der Waals surface area (Å²) in [5.41, 5.74) is 7.46. The minimum absolute atomic E-state index is 0.321. The molecule has 1 aromatic rings. The molecule has 1 fully saturated rings. The molecule has 1 saturated carbocycles. The third kappa shape index (κ3) is 4.02. The molecule has 1 aromatic heterocycles. The molecule has 1 aliphatic rings. The lowest BCUT2D eigenvalue weighted by atomic mass is 9.80. The maximum Gasteiger partial charge on any atom is 0.0543 e. The minimum Gasteiger partial charge on any atom is -0.326 e. The van der Waals surface area contributed by atoms with Crippen molar-refractivity contribution < 1.29 is 0 Å². The molecule has 3 nitrogen and oxygen atoms in total. The summed E-state index contributed by atoms with van der Waals surface area (Å²) < 4.78 is 0. The zero-order valence-electron chi connectivity index (χ0n) is 12.3. The van der Waals surface area contributed by atoms with Gasteiger partial charge in [-0.1, -0.05) is 25.8 Å². The van der Waals surface area contributed by atoms with Crippen LogP contribution < -0.4 is 5.73 Å². The molecular weight excluding hydrogens is 234 g/mol. The van der Waals surface area contributed by atoms with Gasteiger partial charge in [0.1, 0.15) is 0 Å². The molecule has 2 rings (SSSR count). The molecular formula is C16H27N3. The van der Waals surface area contributed by atoms with Crippen molar-refractivity contribution in [1.82, 2.24) is 9.88 Å². The van der Waals surface area contributed by atoms with Gasteiger partial charge in [0.2, 0.25) is 0 Å². The molecule has 0 radical (unpaired) electrons. The van der Waals surface area contributed by atoms with Crippen LogP contribution in [0.1, 0.15) is 44.7 Å². The highest BCUT2D eigenvalue weighted by Crippen LogP contribution is 2.30. The number of rotatable bonds is 5. The molecule has 3 atom stereocenters. The monoisotopic (exact) mass is 261 g/mol. The van der Waals surface area contributed by atoms with Gasteiger partial charge < -0.3 is 5.73 Å². The average Bonchev–Trinajstić information content (AvgIpc) is 2.42. The molecule has 0 spiro atoms. The van der Waals surface area contributed by atoms with Crippen LogP contribution in [0.2, 0.25) is 0 Å². The number of pyridine rings is 1. The van der Waals surface area contributed by atoms with Crippen LogP contribution in [-0.2, 0) is 6.54 Å². The van der Waals surface area contributed by atoms with E-state index < -0.39 is 0 Å². The molecule has 1 heterocycles. The average molecular weight is 261 g/mol. The smallest absolute Gasteiger partial charge is 0.0543 e. The van der Waals surface area contributed by atoms with E-state index in [0.717, 1.165) is 18.2 Å². The first-order chi connectivity index (χ1) is 9.20. The van der Waals surface area contributed by atoms with Gasteiger partial charge in [-0.15, -0.1) is 0 Å². The SMILES string of the molecule is CCCC1CCC(N)C(N(C)Cc2ccccn2)C1. The van der Waals surface area contributed by atoms with Crippen molar-refractivity contribution in [3.05, 3.63) is 30.1 Å². The van der Waals surface area contributed by atoms with Crippen LogP contribution in [-0.4, -0.2) is 29.0 Å². The lowest BCUT2D eigenvalue weighted by Crippen LogP contribution is -2.49. The molecule has 0 bridgehead atoms. The zero-order valence-corrected chi connectivity index (χ0v) is 12.3. The topological polar surface area (TPSA) is 42.1 Å². The van der Waals surface area contributed by atoms with E-state index in [-0.39, 0.29) is 0 Å². The van der Waals surface area contributed by atoms with E-state index in [0.29, 0.717) is 12.1 Å². The number of likely N-dealkylation sites (N-methyl/N-ethyl adjacent to an activating group) is 1. The van der Waals surface area contributed by atoms with Crippen molar-refractivity contribution in [3.63, 3.8) is 0 Å². The van der Waals surface area contributed by atoms with Gasteiger partial charge in [0.05, 0.1) is 5.69 Å². The highest BCUT2D eigenvalue weighted by atomic mass is 15.2. The fourth-order valence-corrected chi connectivity index (χ4v) is 3.30. The Morgan fingerprint density at radius 3 is 2.89 bits per heavy atom. The number of nitrogens with zero attached hydrogens (tertiary/aromatic N) is 2. The summed E-state index contributed by atoms with van der Waals surface area (Å²) in [5, 5.41) is 0. The second-order valence-electron chi connectivity index (χ2n) is 5.94. The minimum atomic E-state index is 0.321. The van der Waals surface area contributed by atoms with E-state index >= 15 is 0 Å². The molecule has 0 aliphatic heterocycles. The van der Waals surface area contributed by atoms with Gasteiger partial charge in [0.15, 0.2) is 0 Å². The first kappa shape index (κ1) is 14.5. The van der Waals surface area contributed by atoms with Crippen LogP contribution in [0.5, 0.6) is 0 Å². The van der Waals surface area contributed by atoms with Crippen LogP contribution >= 0.6 is 0 Å². The second kappa shape index (κ2) is 7.01. The number of aromatic nitrogens is 1. The van der Waals surface area contributed by atoms with E-state index in [1.165, 1.54) is 32.1 Å². The van der Waals surface area contributed by atoms with Crippen molar-refractivity contribution in [2.45, 2.75) is 57.7 Å². The van der Waals surface area contributed by atoms with Crippen LogP contribution in [0, 0.1) is 5.92 Å². The Hall–Kier alpha value is -0.930. The predicted octanol–water partition coefficient (Wildman–Crippen LogP) is 2.81.